The normalized spacial score (nSPS) is 34.8. The molecule has 0 amide bonds. The van der Waals surface area contributed by atoms with Gasteiger partial charge in [0.15, 0.2) is 0 Å². The number of hydrogen-bond acceptors (Lipinski definition) is 1. The maximum atomic E-state index is 4.23. The van der Waals surface area contributed by atoms with Crippen molar-refractivity contribution >= 4 is 0 Å². The molecule has 2 unspecified atom stereocenters. The highest BCUT2D eigenvalue weighted by Crippen LogP contribution is 2.68. The van der Waals surface area contributed by atoms with Crippen LogP contribution in [0.15, 0.2) is 36.5 Å². The van der Waals surface area contributed by atoms with Gasteiger partial charge in [-0.15, -0.1) is 0 Å². The molecule has 1 aliphatic carbocycles. The van der Waals surface area contributed by atoms with Crippen molar-refractivity contribution in [2.75, 3.05) is 7.05 Å². The van der Waals surface area contributed by atoms with E-state index >= 15 is 0 Å². The van der Waals surface area contributed by atoms with Crippen LogP contribution in [0.25, 0.3) is 0 Å². The van der Waals surface area contributed by atoms with E-state index in [1.807, 2.05) is 14.0 Å². The third-order valence-electron chi connectivity index (χ3n) is 4.10. The fourth-order valence-corrected chi connectivity index (χ4v) is 3.20. The molecule has 1 saturated carbocycles. The minimum Gasteiger partial charge on any atom is -0.310 e. The average Bonchev–Trinajstić information content (AvgIpc) is 2.79. The third kappa shape index (κ3) is 1.26. The van der Waals surface area contributed by atoms with Gasteiger partial charge in [-0.3, -0.25) is 0 Å². The Morgan fingerprint density at radius 1 is 1.40 bits per heavy atom. The lowest BCUT2D eigenvalue weighted by Gasteiger charge is -2.23. The first-order valence-electron chi connectivity index (χ1n) is 5.78. The van der Waals surface area contributed by atoms with Crippen LogP contribution in [0.3, 0.4) is 0 Å². The molecule has 0 bridgehead atoms. The van der Waals surface area contributed by atoms with Crippen molar-refractivity contribution in [1.82, 2.24) is 5.32 Å². The van der Waals surface area contributed by atoms with E-state index in [1.54, 1.807) is 0 Å². The van der Waals surface area contributed by atoms with Crippen molar-refractivity contribution in [2.45, 2.75) is 39.2 Å². The molecule has 0 aromatic rings. The predicted molar refractivity (Wildman–Crippen MR) is 67.9 cm³/mol. The van der Waals surface area contributed by atoms with Gasteiger partial charge in [0.05, 0.1) is 5.54 Å². The second-order valence-corrected chi connectivity index (χ2v) is 4.27. The fourth-order valence-electron chi connectivity index (χ4n) is 3.20. The van der Waals surface area contributed by atoms with Gasteiger partial charge in [-0.25, -0.2) is 0 Å². The Balaban J connectivity index is 3.10. The van der Waals surface area contributed by atoms with Gasteiger partial charge in [0.2, 0.25) is 0 Å². The standard InChI is InChI=1S/C14H23N/c1-7-10-11(4)13(8-2)12(5)14(13,9-3)15-6/h7,10,15H,4-5,8-9H2,1-3,6H3/b10-7-. The lowest BCUT2D eigenvalue weighted by molar-refractivity contribution is 0.403. The molecule has 1 nitrogen and oxygen atoms in total. The van der Waals surface area contributed by atoms with Gasteiger partial charge in [-0.2, -0.15) is 0 Å². The fraction of sp³-hybridized carbons (Fsp3) is 0.571. The molecule has 0 radical (unpaired) electrons. The van der Waals surface area contributed by atoms with Gasteiger partial charge in [-0.05, 0) is 38.0 Å². The Hall–Kier alpha value is -0.820. The summed E-state index contributed by atoms with van der Waals surface area (Å²) in [5, 5.41) is 3.44. The van der Waals surface area contributed by atoms with Crippen molar-refractivity contribution in [2.24, 2.45) is 5.41 Å². The summed E-state index contributed by atoms with van der Waals surface area (Å²) < 4.78 is 0. The molecule has 1 fully saturated rings. The van der Waals surface area contributed by atoms with Crippen LogP contribution in [0.2, 0.25) is 0 Å². The average molecular weight is 205 g/mol. The largest absolute Gasteiger partial charge is 0.310 e. The number of rotatable bonds is 5. The summed E-state index contributed by atoms with van der Waals surface area (Å²) in [7, 11) is 2.02. The first kappa shape index (κ1) is 12.3. The molecule has 0 heterocycles. The third-order valence-corrected chi connectivity index (χ3v) is 4.10. The minimum atomic E-state index is 0.0817. The summed E-state index contributed by atoms with van der Waals surface area (Å²) >= 11 is 0. The lowest BCUT2D eigenvalue weighted by Crippen LogP contribution is -2.34. The Bertz CT molecular complexity index is 307. The molecule has 0 spiro atoms. The van der Waals surface area contributed by atoms with Gasteiger partial charge in [0.1, 0.15) is 0 Å². The first-order valence-corrected chi connectivity index (χ1v) is 5.78. The lowest BCUT2D eigenvalue weighted by atomic mass is 9.87. The number of allylic oxidation sites excluding steroid dienone is 2. The molecule has 0 saturated heterocycles. The second kappa shape index (κ2) is 3.97. The van der Waals surface area contributed by atoms with Crippen LogP contribution in [0.5, 0.6) is 0 Å². The highest BCUT2D eigenvalue weighted by atomic mass is 15.1. The van der Waals surface area contributed by atoms with Crippen molar-refractivity contribution < 1.29 is 0 Å². The van der Waals surface area contributed by atoms with Crippen LogP contribution in [-0.2, 0) is 0 Å². The Morgan fingerprint density at radius 2 is 2.00 bits per heavy atom. The zero-order valence-corrected chi connectivity index (χ0v) is 10.5. The van der Waals surface area contributed by atoms with Crippen molar-refractivity contribution in [1.29, 1.82) is 0 Å². The van der Waals surface area contributed by atoms with Crippen LogP contribution in [0, 0.1) is 5.41 Å². The molecule has 0 aromatic carbocycles. The van der Waals surface area contributed by atoms with Gasteiger partial charge in [-0.1, -0.05) is 39.2 Å². The zero-order valence-electron chi connectivity index (χ0n) is 10.5. The van der Waals surface area contributed by atoms with Crippen LogP contribution < -0.4 is 5.32 Å². The molecule has 2 atom stereocenters. The van der Waals surface area contributed by atoms with E-state index < -0.39 is 0 Å². The summed E-state index contributed by atoms with van der Waals surface area (Å²) in [5.74, 6) is 0. The van der Waals surface area contributed by atoms with E-state index in [1.165, 1.54) is 11.1 Å². The molecule has 0 aromatic heterocycles. The molecule has 0 aliphatic heterocycles. The molecule has 1 aliphatic rings. The molecule has 84 valence electrons. The van der Waals surface area contributed by atoms with Crippen LogP contribution in [0.4, 0.5) is 0 Å². The van der Waals surface area contributed by atoms with Crippen LogP contribution in [-0.4, -0.2) is 12.6 Å². The summed E-state index contributed by atoms with van der Waals surface area (Å²) in [6.45, 7) is 14.9. The molecule has 1 heteroatoms. The maximum Gasteiger partial charge on any atom is 0.0532 e. The number of likely N-dealkylation sites (N-methyl/N-ethyl adjacent to an activating group) is 1. The molecular formula is C14H23N. The van der Waals surface area contributed by atoms with Gasteiger partial charge in [0.25, 0.3) is 0 Å². The van der Waals surface area contributed by atoms with Crippen molar-refractivity contribution in [3.05, 3.63) is 36.5 Å². The SMILES string of the molecule is C=C(/C=C\C)C1(CC)C(=C)C1(CC)NC. The van der Waals surface area contributed by atoms with Crippen molar-refractivity contribution in [3.63, 3.8) is 0 Å². The quantitative estimate of drug-likeness (QED) is 0.535. The van der Waals surface area contributed by atoms with Gasteiger partial charge >= 0.3 is 0 Å². The monoisotopic (exact) mass is 205 g/mol. The van der Waals surface area contributed by atoms with Gasteiger partial charge < -0.3 is 5.32 Å². The van der Waals surface area contributed by atoms with E-state index in [0.717, 1.165) is 12.8 Å². The smallest absolute Gasteiger partial charge is 0.0532 e. The zero-order chi connectivity index (χ0) is 11.7. The van der Waals surface area contributed by atoms with Crippen LogP contribution in [0.1, 0.15) is 33.6 Å². The maximum absolute atomic E-state index is 4.23. The summed E-state index contributed by atoms with van der Waals surface area (Å²) in [6.07, 6.45) is 6.32. The molecule has 1 rings (SSSR count). The first-order chi connectivity index (χ1) is 7.07. The number of hydrogen-bond donors (Lipinski definition) is 1. The highest BCUT2D eigenvalue weighted by Gasteiger charge is 2.69. The molecule has 15 heavy (non-hydrogen) atoms. The van der Waals surface area contributed by atoms with Crippen LogP contribution >= 0.6 is 0 Å². The van der Waals surface area contributed by atoms with E-state index in [4.69, 9.17) is 0 Å². The Labute approximate surface area is 94.0 Å². The summed E-state index contributed by atoms with van der Waals surface area (Å²) in [6, 6.07) is 0. The van der Waals surface area contributed by atoms with Crippen molar-refractivity contribution in [3.8, 4) is 0 Å². The second-order valence-electron chi connectivity index (χ2n) is 4.27. The van der Waals surface area contributed by atoms with E-state index in [9.17, 15) is 0 Å². The summed E-state index contributed by atoms with van der Waals surface area (Å²) in [4.78, 5) is 0. The number of nitrogens with one attached hydrogen (secondary N) is 1. The van der Waals surface area contributed by atoms with E-state index in [-0.39, 0.29) is 11.0 Å². The topological polar surface area (TPSA) is 12.0 Å². The summed E-state index contributed by atoms with van der Waals surface area (Å²) in [5.41, 5.74) is 2.65. The molecule has 1 N–H and O–H groups in total. The highest BCUT2D eigenvalue weighted by molar-refractivity contribution is 5.60. The van der Waals surface area contributed by atoms with E-state index in [2.05, 4.69) is 44.5 Å². The predicted octanol–water partition coefficient (Wildman–Crippen LogP) is 3.45. The molecular weight excluding hydrogens is 182 g/mol. The Kier molecular flexibility index (Phi) is 3.25. The van der Waals surface area contributed by atoms with E-state index in [0.29, 0.717) is 0 Å². The Morgan fingerprint density at radius 3 is 2.27 bits per heavy atom. The minimum absolute atomic E-state index is 0.0817. The van der Waals surface area contributed by atoms with Gasteiger partial charge in [0, 0.05) is 5.41 Å².